The first-order valence-electron chi connectivity index (χ1n) is 6.34. The molecule has 1 atom stereocenters. The number of nitrogens with zero attached hydrogens (tertiary/aromatic N) is 2. The lowest BCUT2D eigenvalue weighted by molar-refractivity contribution is 0.584. The highest BCUT2D eigenvalue weighted by atomic mass is 15.1. The van der Waals surface area contributed by atoms with Gasteiger partial charge in [-0.05, 0) is 50.4 Å². The Balaban J connectivity index is 2.20. The van der Waals surface area contributed by atoms with E-state index < -0.39 is 0 Å². The van der Waals surface area contributed by atoms with E-state index >= 15 is 0 Å². The molecule has 0 bridgehead atoms. The van der Waals surface area contributed by atoms with Gasteiger partial charge in [0.2, 0.25) is 0 Å². The zero-order valence-corrected chi connectivity index (χ0v) is 10.7. The molecule has 3 rings (SSSR count). The van der Waals surface area contributed by atoms with Crippen LogP contribution in [0.3, 0.4) is 0 Å². The Morgan fingerprint density at radius 1 is 1.35 bits per heavy atom. The fourth-order valence-electron chi connectivity index (χ4n) is 2.99. The number of fused-ring (bicyclic) bond motifs is 1. The average molecular weight is 229 g/mol. The van der Waals surface area contributed by atoms with Gasteiger partial charge in [0.25, 0.3) is 0 Å². The van der Waals surface area contributed by atoms with Crippen molar-refractivity contribution < 1.29 is 0 Å². The van der Waals surface area contributed by atoms with Crippen LogP contribution >= 0.6 is 0 Å². The predicted molar refractivity (Wildman–Crippen MR) is 70.2 cm³/mol. The van der Waals surface area contributed by atoms with Gasteiger partial charge in [-0.25, -0.2) is 4.98 Å². The van der Waals surface area contributed by atoms with Crippen LogP contribution in [0.2, 0.25) is 0 Å². The van der Waals surface area contributed by atoms with E-state index in [2.05, 4.69) is 42.9 Å². The number of aromatic nitrogens is 2. The molecule has 0 spiro atoms. The Kier molecular flexibility index (Phi) is 2.44. The molecular weight excluding hydrogens is 210 g/mol. The molecule has 3 nitrogen and oxygen atoms in total. The summed E-state index contributed by atoms with van der Waals surface area (Å²) in [5.41, 5.74) is 5.02. The second kappa shape index (κ2) is 3.84. The molecule has 2 heterocycles. The molecule has 1 fully saturated rings. The van der Waals surface area contributed by atoms with Gasteiger partial charge in [-0.1, -0.05) is 6.07 Å². The molecule has 1 aliphatic heterocycles. The Hall–Kier alpha value is -1.35. The van der Waals surface area contributed by atoms with Crippen LogP contribution in [0.1, 0.15) is 35.8 Å². The number of hydrogen-bond acceptors (Lipinski definition) is 2. The Morgan fingerprint density at radius 3 is 2.88 bits per heavy atom. The molecule has 3 heteroatoms. The maximum Gasteiger partial charge on any atom is 0.126 e. The predicted octanol–water partition coefficient (Wildman–Crippen LogP) is 2.61. The van der Waals surface area contributed by atoms with Crippen molar-refractivity contribution in [1.82, 2.24) is 14.9 Å². The summed E-state index contributed by atoms with van der Waals surface area (Å²) in [5, 5.41) is 3.53. The minimum absolute atomic E-state index is 0.437. The van der Waals surface area contributed by atoms with E-state index in [1.807, 2.05) is 0 Å². The quantitative estimate of drug-likeness (QED) is 0.814. The summed E-state index contributed by atoms with van der Waals surface area (Å²) in [7, 11) is 2.13. The fourth-order valence-corrected chi connectivity index (χ4v) is 2.99. The second-order valence-corrected chi connectivity index (χ2v) is 5.13. The van der Waals surface area contributed by atoms with Crippen LogP contribution in [0.4, 0.5) is 0 Å². The molecule has 1 aromatic carbocycles. The van der Waals surface area contributed by atoms with Gasteiger partial charge in [-0.15, -0.1) is 0 Å². The first kappa shape index (κ1) is 10.8. The standard InChI is InChI=1S/C14H19N3/c1-9-7-10(2)13-12(8-9)16-14(17(13)3)11-5-4-6-15-11/h7-8,11,15H,4-6H2,1-3H3. The second-order valence-electron chi connectivity index (χ2n) is 5.13. The van der Waals surface area contributed by atoms with E-state index in [-0.39, 0.29) is 0 Å². The van der Waals surface area contributed by atoms with Crippen molar-refractivity contribution in [2.75, 3.05) is 6.54 Å². The first-order chi connectivity index (χ1) is 8.16. The summed E-state index contributed by atoms with van der Waals surface area (Å²) in [6.07, 6.45) is 2.46. The largest absolute Gasteiger partial charge is 0.330 e. The number of benzene rings is 1. The lowest BCUT2D eigenvalue weighted by Crippen LogP contribution is -2.16. The number of nitrogens with one attached hydrogen (secondary N) is 1. The van der Waals surface area contributed by atoms with E-state index in [0.717, 1.165) is 12.1 Å². The van der Waals surface area contributed by atoms with E-state index in [0.29, 0.717) is 6.04 Å². The molecule has 17 heavy (non-hydrogen) atoms. The van der Waals surface area contributed by atoms with Crippen molar-refractivity contribution in [2.45, 2.75) is 32.7 Å². The molecule has 1 N–H and O–H groups in total. The normalized spacial score (nSPS) is 20.3. The number of rotatable bonds is 1. The lowest BCUT2D eigenvalue weighted by Gasteiger charge is -2.10. The first-order valence-corrected chi connectivity index (χ1v) is 6.34. The van der Waals surface area contributed by atoms with Gasteiger partial charge >= 0.3 is 0 Å². The lowest BCUT2D eigenvalue weighted by atomic mass is 10.1. The zero-order chi connectivity index (χ0) is 12.0. The van der Waals surface area contributed by atoms with Gasteiger partial charge in [-0.3, -0.25) is 0 Å². The number of aryl methyl sites for hydroxylation is 3. The van der Waals surface area contributed by atoms with Crippen molar-refractivity contribution >= 4 is 11.0 Å². The molecule has 0 amide bonds. The van der Waals surface area contributed by atoms with Crippen LogP contribution in [-0.2, 0) is 7.05 Å². The summed E-state index contributed by atoms with van der Waals surface area (Å²) >= 11 is 0. The van der Waals surface area contributed by atoms with Crippen molar-refractivity contribution in [1.29, 1.82) is 0 Å². The third kappa shape index (κ3) is 1.65. The molecule has 90 valence electrons. The molecule has 1 aromatic heterocycles. The van der Waals surface area contributed by atoms with E-state index in [9.17, 15) is 0 Å². The van der Waals surface area contributed by atoms with Crippen LogP contribution in [0.25, 0.3) is 11.0 Å². The minimum atomic E-state index is 0.437. The summed E-state index contributed by atoms with van der Waals surface area (Å²) < 4.78 is 2.26. The SMILES string of the molecule is Cc1cc(C)c2c(c1)nc(C1CCCN1)n2C. The van der Waals surface area contributed by atoms with E-state index in [4.69, 9.17) is 4.98 Å². The minimum Gasteiger partial charge on any atom is -0.330 e. The molecule has 1 aliphatic rings. The average Bonchev–Trinajstić information content (AvgIpc) is 2.85. The molecule has 1 unspecified atom stereocenters. The zero-order valence-electron chi connectivity index (χ0n) is 10.7. The third-order valence-electron chi connectivity index (χ3n) is 3.71. The van der Waals surface area contributed by atoms with Crippen LogP contribution < -0.4 is 5.32 Å². The molecule has 2 aromatic rings. The van der Waals surface area contributed by atoms with E-state index in [1.165, 1.54) is 35.3 Å². The van der Waals surface area contributed by atoms with Crippen LogP contribution in [-0.4, -0.2) is 16.1 Å². The van der Waals surface area contributed by atoms with Crippen molar-refractivity contribution in [3.05, 3.63) is 29.1 Å². The summed E-state index contributed by atoms with van der Waals surface area (Å²) in [6.45, 7) is 5.42. The van der Waals surface area contributed by atoms with Crippen LogP contribution in [0.15, 0.2) is 12.1 Å². The van der Waals surface area contributed by atoms with Gasteiger partial charge < -0.3 is 9.88 Å². The third-order valence-corrected chi connectivity index (χ3v) is 3.71. The molecule has 0 radical (unpaired) electrons. The summed E-state index contributed by atoms with van der Waals surface area (Å²) in [6, 6.07) is 4.85. The van der Waals surface area contributed by atoms with Crippen molar-refractivity contribution in [3.8, 4) is 0 Å². The van der Waals surface area contributed by atoms with Crippen LogP contribution in [0.5, 0.6) is 0 Å². The molecule has 0 saturated carbocycles. The maximum atomic E-state index is 4.82. The van der Waals surface area contributed by atoms with Crippen molar-refractivity contribution in [3.63, 3.8) is 0 Å². The van der Waals surface area contributed by atoms with Gasteiger partial charge in [0.1, 0.15) is 5.82 Å². The maximum absolute atomic E-state index is 4.82. The summed E-state index contributed by atoms with van der Waals surface area (Å²) in [5.74, 6) is 1.19. The van der Waals surface area contributed by atoms with Gasteiger partial charge in [0.15, 0.2) is 0 Å². The Labute approximate surface area is 102 Å². The molecule has 1 saturated heterocycles. The van der Waals surface area contributed by atoms with Gasteiger partial charge in [0, 0.05) is 7.05 Å². The van der Waals surface area contributed by atoms with E-state index in [1.54, 1.807) is 0 Å². The molecular formula is C14H19N3. The van der Waals surface area contributed by atoms with Crippen LogP contribution in [0, 0.1) is 13.8 Å². The molecule has 0 aliphatic carbocycles. The smallest absolute Gasteiger partial charge is 0.126 e. The Morgan fingerprint density at radius 2 is 2.18 bits per heavy atom. The Bertz CT molecular complexity index is 562. The van der Waals surface area contributed by atoms with Crippen molar-refractivity contribution in [2.24, 2.45) is 7.05 Å². The monoisotopic (exact) mass is 229 g/mol. The number of hydrogen-bond donors (Lipinski definition) is 1. The fraction of sp³-hybridized carbons (Fsp3) is 0.500. The topological polar surface area (TPSA) is 29.9 Å². The van der Waals surface area contributed by atoms with Gasteiger partial charge in [-0.2, -0.15) is 0 Å². The highest BCUT2D eigenvalue weighted by Gasteiger charge is 2.22. The van der Waals surface area contributed by atoms with Gasteiger partial charge in [0.05, 0.1) is 17.1 Å². The summed E-state index contributed by atoms with van der Waals surface area (Å²) in [4.78, 5) is 4.82. The number of imidazole rings is 1. The highest BCUT2D eigenvalue weighted by Crippen LogP contribution is 2.27. The highest BCUT2D eigenvalue weighted by molar-refractivity contribution is 5.80.